The van der Waals surface area contributed by atoms with Crippen molar-refractivity contribution in [2.45, 2.75) is 5.92 Å². The van der Waals surface area contributed by atoms with Gasteiger partial charge in [0.1, 0.15) is 5.82 Å². The van der Waals surface area contributed by atoms with Crippen LogP contribution < -0.4 is 0 Å². The summed E-state index contributed by atoms with van der Waals surface area (Å²) in [5.41, 5.74) is 8.89. The van der Waals surface area contributed by atoms with Gasteiger partial charge in [0, 0.05) is 5.92 Å². The van der Waals surface area contributed by atoms with Crippen LogP contribution in [0.2, 0.25) is 0 Å². The molecule has 0 bridgehead atoms. The maximum absolute atomic E-state index is 13.8. The minimum atomic E-state index is -0.215. The molecule has 0 unspecified atom stereocenters. The van der Waals surface area contributed by atoms with Crippen molar-refractivity contribution in [2.75, 3.05) is 0 Å². The van der Waals surface area contributed by atoms with Gasteiger partial charge in [0.25, 0.3) is 0 Å². The molecule has 0 saturated heterocycles. The lowest BCUT2D eigenvalue weighted by atomic mass is 9.80. The molecular weight excluding hydrogens is 415 g/mol. The number of benzene rings is 6. The van der Waals surface area contributed by atoms with Gasteiger partial charge < -0.3 is 0 Å². The highest BCUT2D eigenvalue weighted by molar-refractivity contribution is 6.16. The van der Waals surface area contributed by atoms with E-state index in [9.17, 15) is 4.39 Å². The van der Waals surface area contributed by atoms with Crippen LogP contribution in [-0.4, -0.2) is 0 Å². The fourth-order valence-electron chi connectivity index (χ4n) is 5.87. The minimum absolute atomic E-state index is 0.157. The van der Waals surface area contributed by atoms with Crippen molar-refractivity contribution in [3.63, 3.8) is 0 Å². The van der Waals surface area contributed by atoms with E-state index in [2.05, 4.69) is 97.1 Å². The summed E-state index contributed by atoms with van der Waals surface area (Å²) in [4.78, 5) is 0. The third-order valence-electron chi connectivity index (χ3n) is 7.23. The lowest BCUT2D eigenvalue weighted by Crippen LogP contribution is -2.03. The first kappa shape index (κ1) is 19.3. The predicted octanol–water partition coefficient (Wildman–Crippen LogP) is 8.96. The Morgan fingerprint density at radius 1 is 0.441 bits per heavy atom. The molecular formula is C33H21F. The van der Waals surface area contributed by atoms with Crippen LogP contribution in [0.15, 0.2) is 121 Å². The van der Waals surface area contributed by atoms with Gasteiger partial charge in [-0.3, -0.25) is 0 Å². The van der Waals surface area contributed by atoms with Gasteiger partial charge in [0.2, 0.25) is 0 Å². The van der Waals surface area contributed by atoms with E-state index in [0.717, 1.165) is 11.1 Å². The molecule has 0 saturated carbocycles. The first-order chi connectivity index (χ1) is 16.8. The fraction of sp³-hybridized carbons (Fsp3) is 0.0303. The van der Waals surface area contributed by atoms with Crippen LogP contribution in [0.5, 0.6) is 0 Å². The summed E-state index contributed by atoms with van der Waals surface area (Å²) in [5, 5.41) is 4.89. The molecule has 6 aromatic carbocycles. The Bertz CT molecular complexity index is 1610. The molecule has 0 spiro atoms. The zero-order valence-corrected chi connectivity index (χ0v) is 18.5. The molecule has 0 fully saturated rings. The van der Waals surface area contributed by atoms with Gasteiger partial charge in [-0.25, -0.2) is 4.39 Å². The van der Waals surface area contributed by atoms with Gasteiger partial charge in [-0.1, -0.05) is 109 Å². The highest BCUT2D eigenvalue weighted by atomic mass is 19.1. The Labute approximate surface area is 197 Å². The van der Waals surface area contributed by atoms with Crippen molar-refractivity contribution in [1.29, 1.82) is 0 Å². The normalized spacial score (nSPS) is 12.7. The lowest BCUT2D eigenvalue weighted by molar-refractivity contribution is 0.628. The van der Waals surface area contributed by atoms with Crippen LogP contribution in [0.1, 0.15) is 22.6 Å². The van der Waals surface area contributed by atoms with E-state index in [-0.39, 0.29) is 11.7 Å². The summed E-state index contributed by atoms with van der Waals surface area (Å²) in [6.45, 7) is 0. The predicted molar refractivity (Wildman–Crippen MR) is 140 cm³/mol. The van der Waals surface area contributed by atoms with E-state index in [1.165, 1.54) is 49.4 Å². The highest BCUT2D eigenvalue weighted by Gasteiger charge is 2.32. The Balaban J connectivity index is 1.65. The van der Waals surface area contributed by atoms with E-state index in [1.54, 1.807) is 12.1 Å². The van der Waals surface area contributed by atoms with Crippen LogP contribution in [0.3, 0.4) is 0 Å². The molecule has 0 amide bonds. The number of hydrogen-bond donors (Lipinski definition) is 0. The second-order valence-electron chi connectivity index (χ2n) is 8.99. The summed E-state index contributed by atoms with van der Waals surface area (Å²) >= 11 is 0. The summed E-state index contributed by atoms with van der Waals surface area (Å²) < 4.78 is 13.8. The standard InChI is InChI=1S/C33H21F/c34-22-19-17-21(18-20-22)31-27-13-5-7-15-29(27)33(30-16-8-6-14-28(30)31)32-25-11-3-1-9-23(25)24-10-2-4-12-26(24)32/h1-20,32H. The second-order valence-corrected chi connectivity index (χ2v) is 8.99. The van der Waals surface area contributed by atoms with E-state index < -0.39 is 0 Å². The SMILES string of the molecule is Fc1ccc(-c2c3ccccc3c(C3c4ccccc4-c4ccccc43)c3ccccc23)cc1. The van der Waals surface area contributed by atoms with Crippen LogP contribution in [-0.2, 0) is 0 Å². The quantitative estimate of drug-likeness (QED) is 0.237. The summed E-state index contributed by atoms with van der Waals surface area (Å²) in [5.74, 6) is -0.0578. The summed E-state index contributed by atoms with van der Waals surface area (Å²) in [6, 6.07) is 41.8. The monoisotopic (exact) mass is 436 g/mol. The highest BCUT2D eigenvalue weighted by Crippen LogP contribution is 2.52. The Morgan fingerprint density at radius 2 is 0.882 bits per heavy atom. The van der Waals surface area contributed by atoms with Crippen molar-refractivity contribution in [1.82, 2.24) is 0 Å². The fourth-order valence-corrected chi connectivity index (χ4v) is 5.87. The average molecular weight is 437 g/mol. The molecule has 6 aromatic rings. The van der Waals surface area contributed by atoms with Crippen LogP contribution >= 0.6 is 0 Å². The van der Waals surface area contributed by atoms with Gasteiger partial charge in [0.05, 0.1) is 0 Å². The smallest absolute Gasteiger partial charge is 0.123 e. The molecule has 7 rings (SSSR count). The molecule has 0 N–H and O–H groups in total. The largest absolute Gasteiger partial charge is 0.207 e. The van der Waals surface area contributed by atoms with Gasteiger partial charge in [-0.15, -0.1) is 0 Å². The van der Waals surface area contributed by atoms with E-state index in [1.807, 2.05) is 12.1 Å². The minimum Gasteiger partial charge on any atom is -0.207 e. The van der Waals surface area contributed by atoms with E-state index in [0.29, 0.717) is 0 Å². The molecule has 34 heavy (non-hydrogen) atoms. The molecule has 0 atom stereocenters. The number of halogens is 1. The molecule has 1 heteroatoms. The Morgan fingerprint density at radius 3 is 1.41 bits per heavy atom. The Kier molecular flexibility index (Phi) is 4.19. The zero-order valence-electron chi connectivity index (χ0n) is 18.5. The third-order valence-corrected chi connectivity index (χ3v) is 7.23. The maximum Gasteiger partial charge on any atom is 0.123 e. The lowest BCUT2D eigenvalue weighted by Gasteiger charge is -2.22. The first-order valence-corrected chi connectivity index (χ1v) is 11.7. The molecule has 0 aliphatic heterocycles. The number of rotatable bonds is 2. The second kappa shape index (κ2) is 7.40. The van der Waals surface area contributed by atoms with Crippen LogP contribution in [0.25, 0.3) is 43.8 Å². The third kappa shape index (κ3) is 2.71. The zero-order chi connectivity index (χ0) is 22.6. The molecule has 160 valence electrons. The van der Waals surface area contributed by atoms with Gasteiger partial charge in [0.15, 0.2) is 0 Å². The van der Waals surface area contributed by atoms with E-state index >= 15 is 0 Å². The van der Waals surface area contributed by atoms with Crippen molar-refractivity contribution in [3.8, 4) is 22.3 Å². The van der Waals surface area contributed by atoms with Crippen LogP contribution in [0, 0.1) is 5.82 Å². The summed E-state index contributed by atoms with van der Waals surface area (Å²) in [6.07, 6.45) is 0. The molecule has 0 heterocycles. The van der Waals surface area contributed by atoms with Crippen molar-refractivity contribution < 1.29 is 4.39 Å². The Hall–Kier alpha value is -4.23. The molecule has 0 nitrogen and oxygen atoms in total. The average Bonchev–Trinajstić information content (AvgIpc) is 3.22. The van der Waals surface area contributed by atoms with Gasteiger partial charge in [-0.05, 0) is 72.6 Å². The molecule has 1 aliphatic carbocycles. The van der Waals surface area contributed by atoms with Crippen molar-refractivity contribution in [3.05, 3.63) is 144 Å². The van der Waals surface area contributed by atoms with Gasteiger partial charge in [-0.2, -0.15) is 0 Å². The van der Waals surface area contributed by atoms with Crippen molar-refractivity contribution >= 4 is 21.5 Å². The van der Waals surface area contributed by atoms with E-state index in [4.69, 9.17) is 0 Å². The topological polar surface area (TPSA) is 0 Å². The number of hydrogen-bond acceptors (Lipinski definition) is 0. The summed E-state index contributed by atoms with van der Waals surface area (Å²) in [7, 11) is 0. The number of fused-ring (bicyclic) bond motifs is 5. The first-order valence-electron chi connectivity index (χ1n) is 11.7. The van der Waals surface area contributed by atoms with Crippen molar-refractivity contribution in [2.24, 2.45) is 0 Å². The maximum atomic E-state index is 13.8. The molecule has 0 aromatic heterocycles. The molecule has 0 radical (unpaired) electrons. The molecule has 1 aliphatic rings. The van der Waals surface area contributed by atoms with Gasteiger partial charge >= 0.3 is 0 Å². The van der Waals surface area contributed by atoms with Crippen LogP contribution in [0.4, 0.5) is 4.39 Å².